The number of nitrogens with zero attached hydrogens (tertiary/aromatic N) is 2. The Hall–Kier alpha value is -2.77. The maximum absolute atomic E-state index is 12.3. The van der Waals surface area contributed by atoms with Gasteiger partial charge in [-0.25, -0.2) is 0 Å². The number of hydrogen-bond donors (Lipinski definition) is 2. The summed E-state index contributed by atoms with van der Waals surface area (Å²) in [7, 11) is 0. The summed E-state index contributed by atoms with van der Waals surface area (Å²) in [6.07, 6.45) is 3.51. The van der Waals surface area contributed by atoms with E-state index < -0.39 is 11.8 Å². The molecule has 0 aliphatic carbocycles. The van der Waals surface area contributed by atoms with Crippen molar-refractivity contribution in [2.75, 3.05) is 32.8 Å². The Balaban J connectivity index is 1.55. The molecule has 1 aliphatic heterocycles. The number of morpholine rings is 1. The summed E-state index contributed by atoms with van der Waals surface area (Å²) in [4.78, 5) is 30.8. The number of amides is 2. The highest BCUT2D eigenvalue weighted by molar-refractivity contribution is 6.35. The molecule has 28 heavy (non-hydrogen) atoms. The van der Waals surface area contributed by atoms with Gasteiger partial charge in [0, 0.05) is 38.6 Å². The summed E-state index contributed by atoms with van der Waals surface area (Å²) in [6, 6.07) is 11.6. The van der Waals surface area contributed by atoms with E-state index in [1.807, 2.05) is 43.3 Å². The van der Waals surface area contributed by atoms with Crippen LogP contribution in [-0.4, -0.2) is 54.5 Å². The molecule has 0 saturated carbocycles. The highest BCUT2D eigenvalue weighted by Gasteiger charge is 2.24. The first-order chi connectivity index (χ1) is 13.6. The summed E-state index contributed by atoms with van der Waals surface area (Å²) in [5.41, 5.74) is 3.11. The van der Waals surface area contributed by atoms with Crippen molar-refractivity contribution in [3.63, 3.8) is 0 Å². The molecular formula is C21H26N4O3. The summed E-state index contributed by atoms with van der Waals surface area (Å²) < 4.78 is 5.42. The van der Waals surface area contributed by atoms with E-state index in [0.29, 0.717) is 26.3 Å². The first-order valence-corrected chi connectivity index (χ1v) is 9.47. The second-order valence-electron chi connectivity index (χ2n) is 6.83. The second kappa shape index (κ2) is 9.96. The van der Waals surface area contributed by atoms with E-state index in [1.165, 1.54) is 0 Å². The average molecular weight is 382 g/mol. The van der Waals surface area contributed by atoms with Crippen molar-refractivity contribution in [1.29, 1.82) is 0 Å². The predicted octanol–water partition coefficient (Wildman–Crippen LogP) is 1.20. The lowest BCUT2D eigenvalue weighted by Crippen LogP contribution is -2.46. The smallest absolute Gasteiger partial charge is 0.309 e. The summed E-state index contributed by atoms with van der Waals surface area (Å²) in [5.74, 6) is -1.26. The zero-order valence-electron chi connectivity index (χ0n) is 16.1. The monoisotopic (exact) mass is 382 g/mol. The Labute approximate surface area is 165 Å². The lowest BCUT2D eigenvalue weighted by atomic mass is 10.1. The van der Waals surface area contributed by atoms with E-state index in [4.69, 9.17) is 4.74 Å². The molecule has 2 aromatic rings. The molecule has 0 bridgehead atoms. The molecule has 7 heteroatoms. The number of hydrogen-bond acceptors (Lipinski definition) is 5. The van der Waals surface area contributed by atoms with Gasteiger partial charge in [-0.3, -0.25) is 19.5 Å². The average Bonchev–Trinajstić information content (AvgIpc) is 2.74. The minimum Gasteiger partial charge on any atom is -0.379 e. The Morgan fingerprint density at radius 3 is 2.50 bits per heavy atom. The van der Waals surface area contributed by atoms with Gasteiger partial charge in [0.05, 0.1) is 19.3 Å². The van der Waals surface area contributed by atoms with Crippen molar-refractivity contribution in [3.8, 4) is 0 Å². The molecule has 1 aliphatic rings. The van der Waals surface area contributed by atoms with E-state index >= 15 is 0 Å². The number of pyridine rings is 1. The number of ether oxygens (including phenoxy) is 1. The van der Waals surface area contributed by atoms with Crippen LogP contribution in [0.25, 0.3) is 0 Å². The van der Waals surface area contributed by atoms with E-state index in [2.05, 4.69) is 20.5 Å². The maximum atomic E-state index is 12.3. The van der Waals surface area contributed by atoms with Gasteiger partial charge in [0.15, 0.2) is 0 Å². The molecule has 1 saturated heterocycles. The van der Waals surface area contributed by atoms with Crippen molar-refractivity contribution >= 4 is 11.8 Å². The first kappa shape index (κ1) is 20.0. The third-order valence-electron chi connectivity index (χ3n) is 4.79. The largest absolute Gasteiger partial charge is 0.379 e. The molecule has 7 nitrogen and oxygen atoms in total. The quantitative estimate of drug-likeness (QED) is 0.734. The van der Waals surface area contributed by atoms with Gasteiger partial charge in [0.2, 0.25) is 0 Å². The number of aromatic nitrogens is 1. The molecule has 2 heterocycles. The molecule has 0 radical (unpaired) electrons. The third kappa shape index (κ3) is 5.61. The third-order valence-corrected chi connectivity index (χ3v) is 4.79. The molecule has 0 spiro atoms. The van der Waals surface area contributed by atoms with Gasteiger partial charge in [-0.2, -0.15) is 0 Å². The topological polar surface area (TPSA) is 83.6 Å². The number of aryl methyl sites for hydroxylation is 1. The van der Waals surface area contributed by atoms with E-state index in [0.717, 1.165) is 29.8 Å². The normalized spacial score (nSPS) is 15.6. The summed E-state index contributed by atoms with van der Waals surface area (Å²) >= 11 is 0. The van der Waals surface area contributed by atoms with Gasteiger partial charge in [-0.15, -0.1) is 0 Å². The number of carbonyl (C=O) groups is 2. The van der Waals surface area contributed by atoms with E-state index in [1.54, 1.807) is 12.4 Å². The fourth-order valence-electron chi connectivity index (χ4n) is 3.16. The van der Waals surface area contributed by atoms with Crippen molar-refractivity contribution in [3.05, 3.63) is 65.5 Å². The number of nitrogens with one attached hydrogen (secondary N) is 2. The maximum Gasteiger partial charge on any atom is 0.309 e. The van der Waals surface area contributed by atoms with Crippen LogP contribution in [0.2, 0.25) is 0 Å². The lowest BCUT2D eigenvalue weighted by Gasteiger charge is -2.34. The molecule has 2 amide bonds. The van der Waals surface area contributed by atoms with E-state index in [9.17, 15) is 9.59 Å². The van der Waals surface area contributed by atoms with Crippen LogP contribution in [0, 0.1) is 6.92 Å². The van der Waals surface area contributed by atoms with Gasteiger partial charge >= 0.3 is 11.8 Å². The van der Waals surface area contributed by atoms with Gasteiger partial charge in [-0.1, -0.05) is 35.9 Å². The summed E-state index contributed by atoms with van der Waals surface area (Å²) in [5, 5.41) is 5.43. The number of carbonyl (C=O) groups excluding carboxylic acids is 2. The fourth-order valence-corrected chi connectivity index (χ4v) is 3.16. The predicted molar refractivity (Wildman–Crippen MR) is 105 cm³/mol. The van der Waals surface area contributed by atoms with Crippen LogP contribution in [-0.2, 0) is 20.9 Å². The van der Waals surface area contributed by atoms with Crippen LogP contribution in [0.4, 0.5) is 0 Å². The molecule has 3 rings (SSSR count). The highest BCUT2D eigenvalue weighted by atomic mass is 16.5. The molecule has 1 aromatic heterocycles. The molecule has 1 aromatic carbocycles. The summed E-state index contributed by atoms with van der Waals surface area (Å²) in [6.45, 7) is 5.51. The van der Waals surface area contributed by atoms with Crippen LogP contribution in [0.1, 0.15) is 22.7 Å². The van der Waals surface area contributed by atoms with Gasteiger partial charge in [0.25, 0.3) is 0 Å². The minimum atomic E-state index is -0.632. The molecule has 1 fully saturated rings. The fraction of sp³-hybridized carbons (Fsp3) is 0.381. The SMILES string of the molecule is Cc1ccc(CNC(=O)C(=O)NC[C@@H](c2cccnc2)N2CCOCC2)cc1. The molecule has 0 unspecified atom stereocenters. The van der Waals surface area contributed by atoms with Crippen LogP contribution in [0.3, 0.4) is 0 Å². The van der Waals surface area contributed by atoms with Gasteiger partial charge in [0.1, 0.15) is 0 Å². The molecule has 1 atom stereocenters. The van der Waals surface area contributed by atoms with Crippen LogP contribution in [0.15, 0.2) is 48.8 Å². The van der Waals surface area contributed by atoms with E-state index in [-0.39, 0.29) is 6.04 Å². The number of rotatable bonds is 6. The second-order valence-corrected chi connectivity index (χ2v) is 6.83. The zero-order chi connectivity index (χ0) is 19.8. The Morgan fingerprint density at radius 1 is 1.11 bits per heavy atom. The Morgan fingerprint density at radius 2 is 1.82 bits per heavy atom. The first-order valence-electron chi connectivity index (χ1n) is 9.47. The number of benzene rings is 1. The zero-order valence-corrected chi connectivity index (χ0v) is 16.1. The van der Waals surface area contributed by atoms with Crippen molar-refractivity contribution in [1.82, 2.24) is 20.5 Å². The molecule has 2 N–H and O–H groups in total. The van der Waals surface area contributed by atoms with Crippen LogP contribution in [0.5, 0.6) is 0 Å². The van der Waals surface area contributed by atoms with Crippen molar-refractivity contribution in [2.45, 2.75) is 19.5 Å². The van der Waals surface area contributed by atoms with Crippen molar-refractivity contribution in [2.24, 2.45) is 0 Å². The van der Waals surface area contributed by atoms with Crippen LogP contribution >= 0.6 is 0 Å². The van der Waals surface area contributed by atoms with Crippen molar-refractivity contribution < 1.29 is 14.3 Å². The molecular weight excluding hydrogens is 356 g/mol. The Kier molecular flexibility index (Phi) is 7.11. The highest BCUT2D eigenvalue weighted by Crippen LogP contribution is 2.20. The lowest BCUT2D eigenvalue weighted by molar-refractivity contribution is -0.139. The molecule has 148 valence electrons. The Bertz CT molecular complexity index is 774. The van der Waals surface area contributed by atoms with Crippen LogP contribution < -0.4 is 10.6 Å². The van der Waals surface area contributed by atoms with Gasteiger partial charge < -0.3 is 15.4 Å². The minimum absolute atomic E-state index is 0.0496. The standard InChI is InChI=1S/C21H26N4O3/c1-16-4-6-17(7-5-16)13-23-20(26)21(27)24-15-19(18-3-2-8-22-14-18)25-9-11-28-12-10-25/h2-8,14,19H,9-13,15H2,1H3,(H,23,26)(H,24,27)/t19-/m0/s1. The van der Waals surface area contributed by atoms with Gasteiger partial charge in [-0.05, 0) is 24.1 Å².